The van der Waals surface area contributed by atoms with Crippen molar-refractivity contribution in [2.45, 2.75) is 123 Å². The number of rotatable bonds is 24. The van der Waals surface area contributed by atoms with E-state index in [0.717, 1.165) is 38.9 Å². The zero-order chi connectivity index (χ0) is 21.3. The van der Waals surface area contributed by atoms with Crippen LogP contribution in [0, 0.1) is 0 Å². The van der Waals surface area contributed by atoms with Gasteiger partial charge in [-0.05, 0) is 44.6 Å². The fourth-order valence-corrected chi connectivity index (χ4v) is 3.23. The fourth-order valence-electron chi connectivity index (χ4n) is 3.23. The Morgan fingerprint density at radius 3 is 1.79 bits per heavy atom. The summed E-state index contributed by atoms with van der Waals surface area (Å²) in [5.74, 6) is 0. The highest BCUT2D eigenvalue weighted by molar-refractivity contribution is 4.72. The summed E-state index contributed by atoms with van der Waals surface area (Å²) >= 11 is 0. The lowest BCUT2D eigenvalue weighted by atomic mass is 10.1. The first-order chi connectivity index (χ1) is 14.3. The molecule has 0 aromatic rings. The second-order valence-electron chi connectivity index (χ2n) is 7.94. The van der Waals surface area contributed by atoms with Crippen LogP contribution in [-0.2, 0) is 18.9 Å². The highest BCUT2D eigenvalue weighted by atomic mass is 16.7. The molecule has 0 spiro atoms. The summed E-state index contributed by atoms with van der Waals surface area (Å²) in [6.45, 7) is 6.53. The van der Waals surface area contributed by atoms with Crippen LogP contribution < -0.4 is 0 Å². The Kier molecular flexibility index (Phi) is 24.9. The van der Waals surface area contributed by atoms with Crippen molar-refractivity contribution in [3.63, 3.8) is 0 Å². The van der Waals surface area contributed by atoms with Crippen molar-refractivity contribution >= 4 is 0 Å². The number of hydrogen-bond acceptors (Lipinski definition) is 4. The molecule has 0 rings (SSSR count). The lowest BCUT2D eigenvalue weighted by molar-refractivity contribution is -0.148. The van der Waals surface area contributed by atoms with Crippen molar-refractivity contribution in [2.75, 3.05) is 27.1 Å². The molecule has 0 N–H and O–H groups in total. The fraction of sp³-hybridized carbons (Fsp3) is 0.920. The molecule has 0 atom stereocenters. The van der Waals surface area contributed by atoms with Gasteiger partial charge in [-0.2, -0.15) is 0 Å². The van der Waals surface area contributed by atoms with E-state index in [2.05, 4.69) is 19.9 Å². The van der Waals surface area contributed by atoms with Crippen molar-refractivity contribution in [3.05, 3.63) is 12.3 Å². The molecule has 0 heterocycles. The molecule has 0 amide bonds. The molecule has 0 radical (unpaired) electrons. The van der Waals surface area contributed by atoms with E-state index in [4.69, 9.17) is 18.9 Å². The first kappa shape index (κ1) is 28.4. The monoisotopic (exact) mass is 414 g/mol. The van der Waals surface area contributed by atoms with Crippen LogP contribution in [0.4, 0.5) is 0 Å². The molecular weight excluding hydrogens is 364 g/mol. The third-order valence-corrected chi connectivity index (χ3v) is 5.04. The second kappa shape index (κ2) is 25.5. The van der Waals surface area contributed by atoms with Gasteiger partial charge in [0.2, 0.25) is 0 Å². The Bertz CT molecular complexity index is 304. The van der Waals surface area contributed by atoms with Gasteiger partial charge in [0, 0.05) is 20.3 Å². The lowest BCUT2D eigenvalue weighted by Gasteiger charge is -2.19. The second-order valence-corrected chi connectivity index (χ2v) is 7.94. The van der Waals surface area contributed by atoms with E-state index < -0.39 is 0 Å². The summed E-state index contributed by atoms with van der Waals surface area (Å²) in [4.78, 5) is 0. The van der Waals surface area contributed by atoms with Crippen LogP contribution in [0.2, 0.25) is 0 Å². The van der Waals surface area contributed by atoms with E-state index in [0.29, 0.717) is 6.79 Å². The van der Waals surface area contributed by atoms with Gasteiger partial charge in [0.05, 0.1) is 6.26 Å². The zero-order valence-corrected chi connectivity index (χ0v) is 19.8. The van der Waals surface area contributed by atoms with Crippen molar-refractivity contribution in [2.24, 2.45) is 0 Å². The van der Waals surface area contributed by atoms with Gasteiger partial charge < -0.3 is 18.9 Å². The minimum absolute atomic E-state index is 0.00492. The van der Waals surface area contributed by atoms with Gasteiger partial charge in [-0.3, -0.25) is 0 Å². The van der Waals surface area contributed by atoms with Crippen LogP contribution >= 0.6 is 0 Å². The highest BCUT2D eigenvalue weighted by Crippen LogP contribution is 2.13. The quantitative estimate of drug-likeness (QED) is 0.0918. The Hall–Kier alpha value is -0.580. The van der Waals surface area contributed by atoms with Crippen molar-refractivity contribution in [1.82, 2.24) is 0 Å². The summed E-state index contributed by atoms with van der Waals surface area (Å²) in [7, 11) is 1.63. The van der Waals surface area contributed by atoms with E-state index in [9.17, 15) is 0 Å². The summed E-state index contributed by atoms with van der Waals surface area (Å²) in [6, 6.07) is 0. The molecule has 0 aromatic heterocycles. The molecule has 174 valence electrons. The van der Waals surface area contributed by atoms with Gasteiger partial charge in [0.15, 0.2) is 13.1 Å². The smallest absolute Gasteiger partial charge is 0.187 e. The van der Waals surface area contributed by atoms with E-state index in [1.807, 2.05) is 0 Å². The van der Waals surface area contributed by atoms with E-state index in [1.165, 1.54) is 77.0 Å². The molecule has 0 fully saturated rings. The Morgan fingerprint density at radius 2 is 1.21 bits per heavy atom. The zero-order valence-electron chi connectivity index (χ0n) is 19.8. The van der Waals surface area contributed by atoms with Crippen LogP contribution in [0.25, 0.3) is 0 Å². The maximum absolute atomic E-state index is 6.07. The van der Waals surface area contributed by atoms with Gasteiger partial charge in [0.1, 0.15) is 0 Å². The molecule has 4 nitrogen and oxygen atoms in total. The molecule has 0 saturated heterocycles. The average Bonchev–Trinajstić information content (AvgIpc) is 2.73. The highest BCUT2D eigenvalue weighted by Gasteiger charge is 2.09. The summed E-state index contributed by atoms with van der Waals surface area (Å²) in [6.07, 6.45) is 23.6. The molecule has 0 bridgehead atoms. The van der Waals surface area contributed by atoms with E-state index in [1.54, 1.807) is 13.4 Å². The van der Waals surface area contributed by atoms with Gasteiger partial charge >= 0.3 is 0 Å². The topological polar surface area (TPSA) is 36.9 Å². The summed E-state index contributed by atoms with van der Waals surface area (Å²) < 4.78 is 22.1. The number of allylic oxidation sites excluding steroid dienone is 1. The van der Waals surface area contributed by atoms with E-state index in [-0.39, 0.29) is 6.29 Å². The average molecular weight is 415 g/mol. The molecule has 0 aromatic carbocycles. The normalized spacial score (nSPS) is 11.7. The van der Waals surface area contributed by atoms with Gasteiger partial charge in [0.25, 0.3) is 0 Å². The van der Waals surface area contributed by atoms with Gasteiger partial charge in [-0.1, -0.05) is 78.1 Å². The van der Waals surface area contributed by atoms with Gasteiger partial charge in [-0.15, -0.1) is 0 Å². The number of unbranched alkanes of at least 4 members (excludes halogenated alkanes) is 12. The van der Waals surface area contributed by atoms with Crippen LogP contribution in [0.3, 0.4) is 0 Å². The molecule has 0 saturated carbocycles. The Morgan fingerprint density at radius 1 is 0.655 bits per heavy atom. The number of ether oxygens (including phenoxy) is 4. The van der Waals surface area contributed by atoms with Crippen LogP contribution in [0.15, 0.2) is 12.3 Å². The maximum atomic E-state index is 6.07. The van der Waals surface area contributed by atoms with Crippen LogP contribution in [-0.4, -0.2) is 33.4 Å². The van der Waals surface area contributed by atoms with Crippen LogP contribution in [0.5, 0.6) is 0 Å². The lowest BCUT2D eigenvalue weighted by Crippen LogP contribution is -2.19. The molecule has 29 heavy (non-hydrogen) atoms. The predicted octanol–water partition coefficient (Wildman–Crippen LogP) is 7.76. The molecule has 0 unspecified atom stereocenters. The third kappa shape index (κ3) is 23.6. The van der Waals surface area contributed by atoms with Crippen molar-refractivity contribution in [1.29, 1.82) is 0 Å². The molecule has 4 heteroatoms. The molecular formula is C25H50O4. The van der Waals surface area contributed by atoms with Crippen molar-refractivity contribution < 1.29 is 18.9 Å². The minimum atomic E-state index is -0.00492. The Labute approximate surface area is 181 Å². The first-order valence-corrected chi connectivity index (χ1v) is 12.3. The first-order valence-electron chi connectivity index (χ1n) is 12.3. The summed E-state index contributed by atoms with van der Waals surface area (Å²) in [5.41, 5.74) is 0. The van der Waals surface area contributed by atoms with Crippen LogP contribution in [0.1, 0.15) is 117 Å². The minimum Gasteiger partial charge on any atom is -0.476 e. The Balaban J connectivity index is 3.81. The number of hydrogen-bond donors (Lipinski definition) is 0. The largest absolute Gasteiger partial charge is 0.476 e. The van der Waals surface area contributed by atoms with Crippen molar-refractivity contribution in [3.8, 4) is 0 Å². The van der Waals surface area contributed by atoms with E-state index >= 15 is 0 Å². The summed E-state index contributed by atoms with van der Waals surface area (Å²) in [5, 5.41) is 0. The molecule has 0 aliphatic carbocycles. The maximum Gasteiger partial charge on any atom is 0.187 e. The SMILES string of the molecule is CCCCCCCOC(CCCCCCC=COCOC)OCCCCCCC. The molecule has 0 aliphatic heterocycles. The third-order valence-electron chi connectivity index (χ3n) is 5.04. The van der Waals surface area contributed by atoms with Gasteiger partial charge in [-0.25, -0.2) is 0 Å². The molecule has 0 aliphatic rings. The predicted molar refractivity (Wildman–Crippen MR) is 123 cm³/mol. The standard InChI is InChI=1S/C25H50O4/c1-4-6-8-13-18-22-28-25(29-23-19-14-9-7-5-2)20-16-12-10-11-15-17-21-27-24-26-3/h17,21,25H,4-16,18-20,22-24H2,1-3H3. The number of methoxy groups -OCH3 is 1.